The van der Waals surface area contributed by atoms with Crippen LogP contribution in [0.3, 0.4) is 0 Å². The molecule has 0 saturated carbocycles. The Kier molecular flexibility index (Phi) is 2.36. The quantitative estimate of drug-likeness (QED) is 0.434. The van der Waals surface area contributed by atoms with Gasteiger partial charge in [0, 0.05) is 16.1 Å². The monoisotopic (exact) mass is 156 g/mol. The van der Waals surface area contributed by atoms with E-state index < -0.39 is 12.0 Å². The Labute approximate surface area is 64.4 Å². The molecule has 0 N–H and O–H groups in total. The molecule has 11 heavy (non-hydrogen) atoms. The van der Waals surface area contributed by atoms with Crippen LogP contribution < -0.4 is 0 Å². The minimum atomic E-state index is -0.644. The molecule has 4 nitrogen and oxygen atoms in total. The Morgan fingerprint density at radius 2 is 2.55 bits per heavy atom. The van der Waals surface area contributed by atoms with E-state index in [0.717, 1.165) is 0 Å². The van der Waals surface area contributed by atoms with Crippen LogP contribution in [0.4, 0.5) is 0 Å². The Morgan fingerprint density at radius 3 is 3.00 bits per heavy atom. The van der Waals surface area contributed by atoms with E-state index in [1.54, 1.807) is 13.0 Å². The number of carbonyl (C=O) groups is 1. The van der Waals surface area contributed by atoms with Crippen molar-refractivity contribution < 1.29 is 14.3 Å². The van der Waals surface area contributed by atoms with Crippen LogP contribution in [-0.2, 0) is 9.53 Å². The maximum absolute atomic E-state index is 11.0. The normalized spacial score (nSPS) is 22.3. The van der Waals surface area contributed by atoms with Gasteiger partial charge in [0.2, 0.25) is 6.20 Å². The first-order valence-electron chi connectivity index (χ1n) is 3.54. The van der Waals surface area contributed by atoms with Crippen molar-refractivity contribution in [2.75, 3.05) is 6.61 Å². The Hall–Kier alpha value is -1.19. The van der Waals surface area contributed by atoms with Crippen LogP contribution in [0, 0.1) is 4.91 Å². The number of esters is 1. The fourth-order valence-electron chi connectivity index (χ4n) is 0.940. The van der Waals surface area contributed by atoms with E-state index in [2.05, 4.69) is 4.74 Å². The molecular formula is C7H10NO3+. The van der Waals surface area contributed by atoms with Gasteiger partial charge < -0.3 is 4.74 Å². The molecule has 0 amide bonds. The van der Waals surface area contributed by atoms with Crippen LogP contribution in [0.25, 0.3) is 0 Å². The van der Waals surface area contributed by atoms with Crippen molar-refractivity contribution >= 4 is 5.97 Å². The second-order valence-corrected chi connectivity index (χ2v) is 2.25. The van der Waals surface area contributed by atoms with Crippen molar-refractivity contribution in [1.82, 2.24) is 0 Å². The molecule has 0 aliphatic carbocycles. The van der Waals surface area contributed by atoms with Gasteiger partial charge in [-0.25, -0.2) is 4.79 Å². The number of rotatable bonds is 2. The SMILES string of the molecule is CCOC(=O)C1CC=C[N+]1=O. The van der Waals surface area contributed by atoms with Gasteiger partial charge in [-0.2, -0.15) is 0 Å². The molecule has 0 radical (unpaired) electrons. The Morgan fingerprint density at radius 1 is 1.82 bits per heavy atom. The topological polar surface area (TPSA) is 46.4 Å². The number of hydrogen-bond acceptors (Lipinski definition) is 3. The van der Waals surface area contributed by atoms with Crippen molar-refractivity contribution in [3.63, 3.8) is 0 Å². The van der Waals surface area contributed by atoms with Gasteiger partial charge in [0.1, 0.15) is 0 Å². The molecule has 0 aromatic rings. The van der Waals surface area contributed by atoms with E-state index in [0.29, 0.717) is 17.8 Å². The first-order valence-corrected chi connectivity index (χ1v) is 3.54. The van der Waals surface area contributed by atoms with Crippen LogP contribution in [0.15, 0.2) is 12.3 Å². The summed E-state index contributed by atoms with van der Waals surface area (Å²) in [6, 6.07) is -0.644. The summed E-state index contributed by atoms with van der Waals surface area (Å²) in [6.07, 6.45) is 3.47. The van der Waals surface area contributed by atoms with Gasteiger partial charge in [0.15, 0.2) is 0 Å². The molecule has 1 aliphatic rings. The molecule has 0 aromatic carbocycles. The fourth-order valence-corrected chi connectivity index (χ4v) is 0.940. The second kappa shape index (κ2) is 3.27. The van der Waals surface area contributed by atoms with Crippen LogP contribution in [0.2, 0.25) is 0 Å². The fraction of sp³-hybridized carbons (Fsp3) is 0.571. The van der Waals surface area contributed by atoms with Crippen molar-refractivity contribution in [2.24, 2.45) is 0 Å². The summed E-state index contributed by atoms with van der Waals surface area (Å²) in [5.74, 6) is -0.437. The van der Waals surface area contributed by atoms with E-state index in [1.165, 1.54) is 6.20 Å². The molecule has 1 unspecified atom stereocenters. The third-order valence-electron chi connectivity index (χ3n) is 1.48. The van der Waals surface area contributed by atoms with Gasteiger partial charge in [-0.1, -0.05) is 0 Å². The average molecular weight is 156 g/mol. The molecule has 1 rings (SSSR count). The largest absolute Gasteiger partial charge is 0.461 e. The van der Waals surface area contributed by atoms with Gasteiger partial charge in [0.25, 0.3) is 0 Å². The maximum Gasteiger partial charge on any atom is 0.380 e. The van der Waals surface area contributed by atoms with Gasteiger partial charge in [-0.15, -0.1) is 0 Å². The lowest BCUT2D eigenvalue weighted by Gasteiger charge is -2.00. The summed E-state index contributed by atoms with van der Waals surface area (Å²) in [5, 5.41) is 0. The van der Waals surface area contributed by atoms with Crippen LogP contribution in [0.5, 0.6) is 0 Å². The minimum Gasteiger partial charge on any atom is -0.461 e. The molecule has 0 saturated heterocycles. The molecule has 4 heteroatoms. The zero-order valence-corrected chi connectivity index (χ0v) is 6.32. The van der Waals surface area contributed by atoms with E-state index in [9.17, 15) is 9.70 Å². The summed E-state index contributed by atoms with van der Waals surface area (Å²) in [7, 11) is 0. The number of carbonyl (C=O) groups excluding carboxylic acids is 1. The lowest BCUT2D eigenvalue weighted by atomic mass is 10.2. The Bertz CT molecular complexity index is 210. The maximum atomic E-state index is 11.0. The highest BCUT2D eigenvalue weighted by Gasteiger charge is 2.36. The van der Waals surface area contributed by atoms with Crippen molar-refractivity contribution in [2.45, 2.75) is 19.4 Å². The smallest absolute Gasteiger partial charge is 0.380 e. The van der Waals surface area contributed by atoms with Gasteiger partial charge >= 0.3 is 12.0 Å². The van der Waals surface area contributed by atoms with Crippen LogP contribution in [0.1, 0.15) is 13.3 Å². The minimum absolute atomic E-state index is 0.323. The van der Waals surface area contributed by atoms with E-state index in [1.807, 2.05) is 0 Å². The second-order valence-electron chi connectivity index (χ2n) is 2.25. The van der Waals surface area contributed by atoms with Gasteiger partial charge in [-0.3, -0.25) is 0 Å². The van der Waals surface area contributed by atoms with E-state index in [4.69, 9.17) is 0 Å². The summed E-state index contributed by atoms with van der Waals surface area (Å²) in [5.41, 5.74) is 0. The third kappa shape index (κ3) is 1.63. The standard InChI is InChI=1S/C7H10NO3/c1-2-11-7(9)6-4-3-5-8(6)10/h3,5-6H,2,4H2,1H3/q+1. The zero-order chi connectivity index (χ0) is 8.27. The molecular weight excluding hydrogens is 146 g/mol. The van der Waals surface area contributed by atoms with Crippen LogP contribution in [-0.4, -0.2) is 23.4 Å². The first kappa shape index (κ1) is 7.91. The molecule has 1 atom stereocenters. The highest BCUT2D eigenvalue weighted by atomic mass is 16.5. The molecule has 0 aromatic heterocycles. The summed E-state index contributed by atoms with van der Waals surface area (Å²) < 4.78 is 5.30. The highest BCUT2D eigenvalue weighted by Crippen LogP contribution is 2.09. The van der Waals surface area contributed by atoms with E-state index in [-0.39, 0.29) is 0 Å². The summed E-state index contributed by atoms with van der Waals surface area (Å²) >= 11 is 0. The van der Waals surface area contributed by atoms with Crippen molar-refractivity contribution in [3.05, 3.63) is 17.2 Å². The molecule has 60 valence electrons. The summed E-state index contributed by atoms with van der Waals surface area (Å²) in [6.45, 7) is 2.04. The molecule has 0 bridgehead atoms. The van der Waals surface area contributed by atoms with Crippen LogP contribution >= 0.6 is 0 Å². The molecule has 0 fully saturated rings. The number of nitrogens with zero attached hydrogens (tertiary/aromatic N) is 1. The van der Waals surface area contributed by atoms with Gasteiger partial charge in [-0.05, 0) is 13.0 Å². The zero-order valence-electron chi connectivity index (χ0n) is 6.32. The number of ether oxygens (including phenoxy) is 1. The Balaban J connectivity index is 2.49. The van der Waals surface area contributed by atoms with Crippen molar-refractivity contribution in [3.8, 4) is 0 Å². The summed E-state index contributed by atoms with van der Waals surface area (Å²) in [4.78, 5) is 21.8. The third-order valence-corrected chi connectivity index (χ3v) is 1.48. The molecule has 1 aliphatic heterocycles. The van der Waals surface area contributed by atoms with E-state index >= 15 is 0 Å². The van der Waals surface area contributed by atoms with Gasteiger partial charge in [0.05, 0.1) is 6.61 Å². The predicted octanol–water partition coefficient (Wildman–Crippen LogP) is 0.614. The predicted molar refractivity (Wildman–Crippen MR) is 37.8 cm³/mol. The molecule has 1 heterocycles. The highest BCUT2D eigenvalue weighted by molar-refractivity contribution is 5.74. The lowest BCUT2D eigenvalue weighted by molar-refractivity contribution is -0.499. The number of nitroso groups, excluding NO2 is 1. The number of hydrogen-bond donors (Lipinski definition) is 0. The average Bonchev–Trinajstić information content (AvgIpc) is 2.36. The van der Waals surface area contributed by atoms with Crippen molar-refractivity contribution in [1.29, 1.82) is 0 Å². The molecule has 0 spiro atoms. The lowest BCUT2D eigenvalue weighted by Crippen LogP contribution is -2.28. The first-order chi connectivity index (χ1) is 5.25.